The van der Waals surface area contributed by atoms with Gasteiger partial charge in [0.15, 0.2) is 5.76 Å². The summed E-state index contributed by atoms with van der Waals surface area (Å²) in [6, 6.07) is 5.04. The minimum atomic E-state index is -0.892. The lowest BCUT2D eigenvalue weighted by Crippen LogP contribution is -2.35. The van der Waals surface area contributed by atoms with Crippen LogP contribution in [0, 0.1) is 0 Å². The van der Waals surface area contributed by atoms with Crippen LogP contribution >= 0.6 is 0 Å². The zero-order valence-corrected chi connectivity index (χ0v) is 14.8. The SMILES string of the molecule is O=C1C=C(O)C(c2oc3cc(CN4CCOCC4)ccc3c(=O)c2O)=CC1=O. The van der Waals surface area contributed by atoms with Crippen LogP contribution in [-0.2, 0) is 20.9 Å². The summed E-state index contributed by atoms with van der Waals surface area (Å²) in [6.45, 7) is 3.55. The Bertz CT molecular complexity index is 1100. The van der Waals surface area contributed by atoms with Crippen molar-refractivity contribution in [1.29, 1.82) is 0 Å². The number of morpholine rings is 1. The van der Waals surface area contributed by atoms with Crippen molar-refractivity contribution in [2.75, 3.05) is 26.3 Å². The van der Waals surface area contributed by atoms with Crippen LogP contribution < -0.4 is 5.43 Å². The van der Waals surface area contributed by atoms with Gasteiger partial charge in [-0.15, -0.1) is 0 Å². The Morgan fingerprint density at radius 2 is 1.71 bits per heavy atom. The number of ether oxygens (including phenoxy) is 1. The molecular weight excluding hydrogens is 366 g/mol. The van der Waals surface area contributed by atoms with Gasteiger partial charge in [-0.3, -0.25) is 19.3 Å². The van der Waals surface area contributed by atoms with Crippen LogP contribution in [0.4, 0.5) is 0 Å². The molecule has 1 aliphatic heterocycles. The number of allylic oxidation sites excluding steroid dienone is 3. The molecule has 1 saturated heterocycles. The molecule has 2 heterocycles. The van der Waals surface area contributed by atoms with Gasteiger partial charge in [0, 0.05) is 31.8 Å². The van der Waals surface area contributed by atoms with Crippen LogP contribution in [0.15, 0.2) is 45.3 Å². The second-order valence-corrected chi connectivity index (χ2v) is 6.64. The van der Waals surface area contributed by atoms with Gasteiger partial charge in [-0.05, 0) is 17.7 Å². The third-order valence-corrected chi connectivity index (χ3v) is 4.75. The maximum absolute atomic E-state index is 12.5. The van der Waals surface area contributed by atoms with Gasteiger partial charge in [-0.25, -0.2) is 0 Å². The molecule has 0 bridgehead atoms. The number of aromatic hydroxyl groups is 1. The fourth-order valence-corrected chi connectivity index (χ4v) is 3.26. The maximum atomic E-state index is 12.5. The van der Waals surface area contributed by atoms with Crippen LogP contribution in [0.3, 0.4) is 0 Å². The number of aliphatic hydroxyl groups excluding tert-OH is 1. The van der Waals surface area contributed by atoms with Crippen LogP contribution in [0.2, 0.25) is 0 Å². The Morgan fingerprint density at radius 3 is 2.46 bits per heavy atom. The van der Waals surface area contributed by atoms with Gasteiger partial charge in [0.25, 0.3) is 0 Å². The number of benzene rings is 1. The fourth-order valence-electron chi connectivity index (χ4n) is 3.26. The number of rotatable bonds is 3. The number of fused-ring (bicyclic) bond motifs is 1. The number of hydrogen-bond donors (Lipinski definition) is 2. The first-order valence-corrected chi connectivity index (χ1v) is 8.74. The molecule has 0 spiro atoms. The predicted octanol–water partition coefficient (Wildman–Crippen LogP) is 1.31. The van der Waals surface area contributed by atoms with E-state index in [1.54, 1.807) is 18.2 Å². The number of carbonyl (C=O) groups excluding carboxylic acids is 2. The minimum absolute atomic E-state index is 0.175. The van der Waals surface area contributed by atoms with Crippen molar-refractivity contribution in [3.8, 4) is 5.75 Å². The van der Waals surface area contributed by atoms with E-state index in [1.807, 2.05) is 0 Å². The largest absolute Gasteiger partial charge is 0.507 e. The Balaban J connectivity index is 1.78. The fraction of sp³-hybridized carbons (Fsp3) is 0.250. The normalized spacial score (nSPS) is 18.3. The molecule has 2 N–H and O–H groups in total. The van der Waals surface area contributed by atoms with E-state index in [1.165, 1.54) is 0 Å². The summed E-state index contributed by atoms with van der Waals surface area (Å²) in [6.07, 6.45) is 1.58. The standard InChI is InChI=1S/C20H17NO7/c22-14-9-16(24)15(23)8-13(14)20-19(26)18(25)12-2-1-11(7-17(12)28-20)10-21-3-5-27-6-4-21/h1-2,7-9,22,26H,3-6,10H2. The summed E-state index contributed by atoms with van der Waals surface area (Å²) < 4.78 is 11.0. The van der Waals surface area contributed by atoms with Crippen molar-refractivity contribution in [3.63, 3.8) is 0 Å². The predicted molar refractivity (Wildman–Crippen MR) is 98.9 cm³/mol. The van der Waals surface area contributed by atoms with Gasteiger partial charge in [-0.2, -0.15) is 0 Å². The molecule has 1 aromatic heterocycles. The molecule has 0 radical (unpaired) electrons. The summed E-state index contributed by atoms with van der Waals surface area (Å²) in [4.78, 5) is 37.8. The minimum Gasteiger partial charge on any atom is -0.507 e. The molecule has 8 heteroatoms. The highest BCUT2D eigenvalue weighted by atomic mass is 16.5. The van der Waals surface area contributed by atoms with Gasteiger partial charge in [0.2, 0.25) is 22.7 Å². The van der Waals surface area contributed by atoms with E-state index in [9.17, 15) is 24.6 Å². The van der Waals surface area contributed by atoms with Gasteiger partial charge in [0.1, 0.15) is 11.3 Å². The molecule has 2 aromatic rings. The van der Waals surface area contributed by atoms with E-state index in [2.05, 4.69) is 4.90 Å². The number of nitrogens with zero attached hydrogens (tertiary/aromatic N) is 1. The molecule has 2 aliphatic rings. The molecule has 0 atom stereocenters. The topological polar surface area (TPSA) is 117 Å². The average Bonchev–Trinajstić information content (AvgIpc) is 2.68. The molecule has 1 fully saturated rings. The van der Waals surface area contributed by atoms with Crippen molar-refractivity contribution in [3.05, 3.63) is 57.7 Å². The number of ketones is 2. The van der Waals surface area contributed by atoms with E-state index in [0.717, 1.165) is 30.8 Å². The highest BCUT2D eigenvalue weighted by Crippen LogP contribution is 2.32. The first-order chi connectivity index (χ1) is 13.4. The summed E-state index contributed by atoms with van der Waals surface area (Å²) in [7, 11) is 0. The Kier molecular flexibility index (Phi) is 4.58. The lowest BCUT2D eigenvalue weighted by molar-refractivity contribution is -0.131. The highest BCUT2D eigenvalue weighted by Gasteiger charge is 2.26. The molecule has 144 valence electrons. The third kappa shape index (κ3) is 3.23. The summed E-state index contributed by atoms with van der Waals surface area (Å²) in [5.74, 6) is -3.41. The lowest BCUT2D eigenvalue weighted by atomic mass is 9.99. The average molecular weight is 383 g/mol. The van der Waals surface area contributed by atoms with Crippen LogP contribution in [0.5, 0.6) is 5.75 Å². The van der Waals surface area contributed by atoms with Crippen LogP contribution in [0.25, 0.3) is 16.5 Å². The smallest absolute Gasteiger partial charge is 0.235 e. The van der Waals surface area contributed by atoms with E-state index < -0.39 is 28.5 Å². The molecule has 0 unspecified atom stereocenters. The molecule has 1 aliphatic carbocycles. The van der Waals surface area contributed by atoms with Crippen molar-refractivity contribution in [1.82, 2.24) is 4.90 Å². The Morgan fingerprint density at radius 1 is 1.00 bits per heavy atom. The number of hydrogen-bond acceptors (Lipinski definition) is 8. The summed E-state index contributed by atoms with van der Waals surface area (Å²) in [5, 5.41) is 20.4. The maximum Gasteiger partial charge on any atom is 0.235 e. The molecule has 0 amide bonds. The Labute approximate surface area is 158 Å². The first kappa shape index (κ1) is 18.1. The van der Waals surface area contributed by atoms with Crippen molar-refractivity contribution >= 4 is 28.1 Å². The van der Waals surface area contributed by atoms with Crippen molar-refractivity contribution in [2.24, 2.45) is 0 Å². The van der Waals surface area contributed by atoms with Crippen molar-refractivity contribution in [2.45, 2.75) is 6.54 Å². The monoisotopic (exact) mass is 383 g/mol. The third-order valence-electron chi connectivity index (χ3n) is 4.75. The van der Waals surface area contributed by atoms with Gasteiger partial charge in [0.05, 0.1) is 24.2 Å². The van der Waals surface area contributed by atoms with E-state index in [4.69, 9.17) is 9.15 Å². The second kappa shape index (κ2) is 7.06. The Hall–Kier alpha value is -3.23. The van der Waals surface area contributed by atoms with Crippen LogP contribution in [-0.4, -0.2) is 53.0 Å². The number of aliphatic hydroxyl groups is 1. The molecule has 0 saturated carbocycles. The van der Waals surface area contributed by atoms with Gasteiger partial charge < -0.3 is 19.4 Å². The highest BCUT2D eigenvalue weighted by molar-refractivity contribution is 6.48. The lowest BCUT2D eigenvalue weighted by Gasteiger charge is -2.26. The zero-order valence-electron chi connectivity index (χ0n) is 14.8. The quantitative estimate of drug-likeness (QED) is 0.602. The summed E-state index contributed by atoms with van der Waals surface area (Å²) in [5.41, 5.74) is 0.214. The van der Waals surface area contributed by atoms with Gasteiger partial charge >= 0.3 is 0 Å². The van der Waals surface area contributed by atoms with E-state index >= 15 is 0 Å². The van der Waals surface area contributed by atoms with E-state index in [0.29, 0.717) is 19.8 Å². The molecule has 1 aromatic carbocycles. The molecular formula is C20H17NO7. The molecule has 8 nitrogen and oxygen atoms in total. The molecule has 4 rings (SSSR count). The second-order valence-electron chi connectivity index (χ2n) is 6.64. The molecule has 28 heavy (non-hydrogen) atoms. The van der Waals surface area contributed by atoms with Gasteiger partial charge in [-0.1, -0.05) is 6.07 Å². The van der Waals surface area contributed by atoms with Crippen LogP contribution in [0.1, 0.15) is 11.3 Å². The van der Waals surface area contributed by atoms with Crippen molar-refractivity contribution < 1.29 is 29.0 Å². The van der Waals surface area contributed by atoms with E-state index in [-0.39, 0.29) is 22.3 Å². The first-order valence-electron chi connectivity index (χ1n) is 8.74. The number of carbonyl (C=O) groups is 2. The zero-order chi connectivity index (χ0) is 19.8. The summed E-state index contributed by atoms with van der Waals surface area (Å²) >= 11 is 0.